The molecule has 29 heavy (non-hydrogen) atoms. The van der Waals surface area contributed by atoms with Gasteiger partial charge in [0.2, 0.25) is 11.7 Å². The van der Waals surface area contributed by atoms with E-state index >= 15 is 0 Å². The largest absolute Gasteiger partial charge is 0.493 e. The van der Waals surface area contributed by atoms with Crippen LogP contribution in [0.2, 0.25) is 0 Å². The van der Waals surface area contributed by atoms with Crippen molar-refractivity contribution in [1.29, 1.82) is 0 Å². The van der Waals surface area contributed by atoms with Crippen molar-refractivity contribution in [2.45, 2.75) is 19.9 Å². The minimum absolute atomic E-state index is 0.0582. The second kappa shape index (κ2) is 8.46. The van der Waals surface area contributed by atoms with Crippen molar-refractivity contribution in [2.75, 3.05) is 58.1 Å². The van der Waals surface area contributed by atoms with Crippen molar-refractivity contribution in [3.8, 4) is 17.2 Å². The Labute approximate surface area is 169 Å². The first-order valence-corrected chi connectivity index (χ1v) is 9.46. The number of nitrogens with one attached hydrogen (secondary N) is 1. The highest BCUT2D eigenvalue weighted by Gasteiger charge is 2.25. The van der Waals surface area contributed by atoms with Crippen LogP contribution in [-0.4, -0.2) is 74.4 Å². The first-order chi connectivity index (χ1) is 13.9. The number of nitrogens with two attached hydrogens (primary N) is 1. The van der Waals surface area contributed by atoms with Crippen LogP contribution >= 0.6 is 0 Å². The Morgan fingerprint density at radius 2 is 1.72 bits per heavy atom. The summed E-state index contributed by atoms with van der Waals surface area (Å²) >= 11 is 0. The summed E-state index contributed by atoms with van der Waals surface area (Å²) in [5.41, 5.74) is 6.78. The van der Waals surface area contributed by atoms with Crippen molar-refractivity contribution in [1.82, 2.24) is 20.2 Å². The topological polar surface area (TPSA) is 115 Å². The van der Waals surface area contributed by atoms with E-state index in [4.69, 9.17) is 19.9 Å². The van der Waals surface area contributed by atoms with E-state index in [0.29, 0.717) is 66.1 Å². The van der Waals surface area contributed by atoms with Gasteiger partial charge in [-0.2, -0.15) is 4.98 Å². The molecule has 0 radical (unpaired) electrons. The minimum atomic E-state index is -0.0582. The quantitative estimate of drug-likeness (QED) is 0.770. The van der Waals surface area contributed by atoms with Crippen LogP contribution in [0.15, 0.2) is 6.07 Å². The molecule has 0 atom stereocenters. The summed E-state index contributed by atoms with van der Waals surface area (Å²) in [7, 11) is 4.63. The van der Waals surface area contributed by atoms with E-state index in [9.17, 15) is 4.79 Å². The summed E-state index contributed by atoms with van der Waals surface area (Å²) < 4.78 is 16.4. The summed E-state index contributed by atoms with van der Waals surface area (Å²) in [5, 5.41) is 3.54. The van der Waals surface area contributed by atoms with Crippen molar-refractivity contribution in [3.05, 3.63) is 6.07 Å². The van der Waals surface area contributed by atoms with Crippen LogP contribution in [0.4, 0.5) is 16.6 Å². The van der Waals surface area contributed by atoms with Gasteiger partial charge in [-0.3, -0.25) is 0 Å². The number of rotatable bonds is 5. The number of amides is 2. The molecule has 158 valence electrons. The molecule has 1 aliphatic rings. The molecular formula is C19H28N6O4. The molecule has 0 spiro atoms. The van der Waals surface area contributed by atoms with Gasteiger partial charge in [0, 0.05) is 32.2 Å². The number of benzene rings is 1. The molecule has 10 nitrogen and oxygen atoms in total. The Morgan fingerprint density at radius 3 is 2.28 bits per heavy atom. The van der Waals surface area contributed by atoms with Crippen molar-refractivity contribution >= 4 is 28.7 Å². The molecule has 2 aromatic rings. The van der Waals surface area contributed by atoms with Crippen molar-refractivity contribution in [2.24, 2.45) is 0 Å². The molecule has 1 aromatic heterocycles. The maximum atomic E-state index is 12.2. The molecule has 1 aromatic carbocycles. The number of ether oxygens (including phenoxy) is 3. The number of hydrogen-bond donors (Lipinski definition) is 2. The Kier molecular flexibility index (Phi) is 6.00. The van der Waals surface area contributed by atoms with E-state index in [1.54, 1.807) is 32.3 Å². The SMILES string of the molecule is COc1cc2c(N)nc(N3CCN(C(=O)NC(C)C)CC3)nc2c(OC)c1OC. The fourth-order valence-electron chi connectivity index (χ4n) is 3.33. The highest BCUT2D eigenvalue weighted by molar-refractivity contribution is 5.97. The lowest BCUT2D eigenvalue weighted by Gasteiger charge is -2.35. The number of nitrogens with zero attached hydrogens (tertiary/aromatic N) is 4. The van der Waals surface area contributed by atoms with Crippen LogP contribution in [0.1, 0.15) is 13.8 Å². The molecule has 3 rings (SSSR count). The van der Waals surface area contributed by atoms with Gasteiger partial charge in [-0.15, -0.1) is 0 Å². The maximum Gasteiger partial charge on any atom is 0.317 e. The van der Waals surface area contributed by atoms with Crippen LogP contribution in [0, 0.1) is 0 Å². The second-order valence-electron chi connectivity index (χ2n) is 7.03. The van der Waals surface area contributed by atoms with Gasteiger partial charge in [0.25, 0.3) is 0 Å². The van der Waals surface area contributed by atoms with E-state index < -0.39 is 0 Å². The Hall–Kier alpha value is -3.17. The third-order valence-corrected chi connectivity index (χ3v) is 4.77. The zero-order valence-electron chi connectivity index (χ0n) is 17.5. The van der Waals surface area contributed by atoms with Gasteiger partial charge in [-0.1, -0.05) is 0 Å². The number of aromatic nitrogens is 2. The summed E-state index contributed by atoms with van der Waals surface area (Å²) in [6.45, 7) is 6.23. The molecule has 1 saturated heterocycles. The average Bonchev–Trinajstić information content (AvgIpc) is 2.71. The third-order valence-electron chi connectivity index (χ3n) is 4.77. The number of methoxy groups -OCH3 is 3. The van der Waals surface area contributed by atoms with Crippen LogP contribution < -0.4 is 30.2 Å². The maximum absolute atomic E-state index is 12.2. The highest BCUT2D eigenvalue weighted by Crippen LogP contribution is 2.44. The number of piperazine rings is 1. The van der Waals surface area contributed by atoms with Gasteiger partial charge in [-0.25, -0.2) is 9.78 Å². The van der Waals surface area contributed by atoms with Crippen LogP contribution in [0.5, 0.6) is 17.2 Å². The Morgan fingerprint density at radius 1 is 1.07 bits per heavy atom. The van der Waals surface area contributed by atoms with Crippen LogP contribution in [0.25, 0.3) is 10.9 Å². The lowest BCUT2D eigenvalue weighted by atomic mass is 10.2. The molecule has 1 aliphatic heterocycles. The first kappa shape index (κ1) is 20.6. The molecule has 1 fully saturated rings. The monoisotopic (exact) mass is 404 g/mol. The lowest BCUT2D eigenvalue weighted by molar-refractivity contribution is 0.191. The highest BCUT2D eigenvalue weighted by atomic mass is 16.5. The van der Waals surface area contributed by atoms with E-state index in [-0.39, 0.29) is 12.1 Å². The fourth-order valence-corrected chi connectivity index (χ4v) is 3.33. The molecule has 2 heterocycles. The molecule has 10 heteroatoms. The van der Waals surface area contributed by atoms with E-state index in [1.807, 2.05) is 18.7 Å². The molecular weight excluding hydrogens is 376 g/mol. The molecule has 0 bridgehead atoms. The van der Waals surface area contributed by atoms with E-state index in [1.165, 1.54) is 0 Å². The van der Waals surface area contributed by atoms with Crippen molar-refractivity contribution in [3.63, 3.8) is 0 Å². The van der Waals surface area contributed by atoms with E-state index in [2.05, 4.69) is 15.3 Å². The normalized spacial score (nSPS) is 14.3. The van der Waals surface area contributed by atoms with E-state index in [0.717, 1.165) is 0 Å². The number of carbonyl (C=O) groups excluding carboxylic acids is 1. The van der Waals surface area contributed by atoms with Gasteiger partial charge < -0.3 is 35.1 Å². The number of fused-ring (bicyclic) bond motifs is 1. The Balaban J connectivity index is 1.91. The van der Waals surface area contributed by atoms with Gasteiger partial charge in [0.1, 0.15) is 11.3 Å². The summed E-state index contributed by atoms with van der Waals surface area (Å²) in [4.78, 5) is 25.1. The zero-order chi connectivity index (χ0) is 21.1. The molecule has 0 unspecified atom stereocenters. The molecule has 3 N–H and O–H groups in total. The summed E-state index contributed by atoms with van der Waals surface area (Å²) in [5.74, 6) is 2.19. The lowest BCUT2D eigenvalue weighted by Crippen LogP contribution is -2.53. The van der Waals surface area contributed by atoms with Gasteiger partial charge >= 0.3 is 6.03 Å². The fraction of sp³-hybridized carbons (Fsp3) is 0.526. The van der Waals surface area contributed by atoms with Gasteiger partial charge in [0.05, 0.1) is 26.7 Å². The smallest absolute Gasteiger partial charge is 0.317 e. The number of carbonyl (C=O) groups is 1. The summed E-state index contributed by atoms with van der Waals surface area (Å²) in [6.07, 6.45) is 0. The zero-order valence-corrected chi connectivity index (χ0v) is 17.5. The third kappa shape index (κ3) is 4.01. The standard InChI is InChI=1S/C19H28N6O4/c1-11(2)21-19(26)25-8-6-24(7-9-25)18-22-14-12(17(20)23-18)10-13(27-3)15(28-4)16(14)29-5/h10-11H,6-9H2,1-5H3,(H,21,26)(H2,20,22,23). The molecule has 0 aliphatic carbocycles. The van der Waals surface area contributed by atoms with Crippen molar-refractivity contribution < 1.29 is 19.0 Å². The van der Waals surface area contributed by atoms with Crippen LogP contribution in [0.3, 0.4) is 0 Å². The minimum Gasteiger partial charge on any atom is -0.493 e. The Bertz CT molecular complexity index is 896. The molecule has 2 amide bonds. The number of nitrogen functional groups attached to an aromatic ring is 1. The summed E-state index contributed by atoms with van der Waals surface area (Å²) in [6, 6.07) is 1.78. The first-order valence-electron chi connectivity index (χ1n) is 9.46. The number of hydrogen-bond acceptors (Lipinski definition) is 8. The predicted molar refractivity (Wildman–Crippen MR) is 111 cm³/mol. The van der Waals surface area contributed by atoms with Gasteiger partial charge in [0.15, 0.2) is 11.5 Å². The molecule has 0 saturated carbocycles. The number of urea groups is 1. The number of anilines is 2. The van der Waals surface area contributed by atoms with Crippen LogP contribution in [-0.2, 0) is 0 Å². The second-order valence-corrected chi connectivity index (χ2v) is 7.03. The average molecular weight is 404 g/mol. The predicted octanol–water partition coefficient (Wildman–Crippen LogP) is 1.48. The van der Waals surface area contributed by atoms with Gasteiger partial charge in [-0.05, 0) is 19.9 Å².